The predicted octanol–water partition coefficient (Wildman–Crippen LogP) is -1.22. The van der Waals surface area contributed by atoms with Gasteiger partial charge in [-0.15, -0.1) is 0 Å². The van der Waals surface area contributed by atoms with E-state index in [1.165, 1.54) is 6.92 Å². The number of rotatable bonds is 9. The third-order valence-electron chi connectivity index (χ3n) is 3.52. The number of aliphatic hydroxyl groups excluding tert-OH is 1. The molecule has 0 aliphatic carbocycles. The van der Waals surface area contributed by atoms with Crippen LogP contribution < -0.4 is 22.1 Å². The summed E-state index contributed by atoms with van der Waals surface area (Å²) in [7, 11) is 0. The molecular weight excluding hydrogens is 348 g/mol. The van der Waals surface area contributed by atoms with Crippen LogP contribution in [0, 0.1) is 5.92 Å². The molecule has 0 radical (unpaired) electrons. The van der Waals surface area contributed by atoms with Crippen LogP contribution in [-0.2, 0) is 9.59 Å². The Hall–Kier alpha value is -2.73. The number of nitrogens with one attached hydrogen (secondary N) is 2. The number of nitrogens with two attached hydrogens (primary N) is 2. The highest BCUT2D eigenvalue weighted by Gasteiger charge is 2.29. The average Bonchev–Trinajstić information content (AvgIpc) is 2.99. The van der Waals surface area contributed by atoms with E-state index < -0.39 is 42.1 Å². The van der Waals surface area contributed by atoms with Crippen LogP contribution in [0.15, 0.2) is 4.52 Å². The first-order chi connectivity index (χ1) is 12.0. The van der Waals surface area contributed by atoms with Crippen molar-refractivity contribution in [2.24, 2.45) is 17.4 Å². The molecule has 1 rings (SSSR count). The number of carboxylic acids is 1. The van der Waals surface area contributed by atoms with Crippen LogP contribution in [-0.4, -0.2) is 50.4 Å². The predicted molar refractivity (Wildman–Crippen MR) is 87.4 cm³/mol. The Labute approximate surface area is 149 Å². The smallest absolute Gasteiger partial charge is 0.328 e. The summed E-state index contributed by atoms with van der Waals surface area (Å²) in [5.74, 6) is -2.07. The zero-order valence-electron chi connectivity index (χ0n) is 14.7. The topological polar surface area (TPSA) is 207 Å². The van der Waals surface area contributed by atoms with Gasteiger partial charge in [0.25, 0.3) is 0 Å². The molecule has 0 aliphatic rings. The normalized spacial score (nSPS) is 15.8. The molecule has 1 unspecified atom stereocenters. The van der Waals surface area contributed by atoms with Crippen molar-refractivity contribution in [3.63, 3.8) is 0 Å². The van der Waals surface area contributed by atoms with Gasteiger partial charge in [-0.3, -0.25) is 4.79 Å². The number of carboxylic acid groups (broad SMARTS) is 1. The average molecular weight is 372 g/mol. The zero-order chi connectivity index (χ0) is 20.0. The van der Waals surface area contributed by atoms with Crippen molar-refractivity contribution in [3.8, 4) is 0 Å². The van der Waals surface area contributed by atoms with Crippen molar-refractivity contribution in [2.75, 3.05) is 0 Å². The molecule has 0 saturated heterocycles. The van der Waals surface area contributed by atoms with Gasteiger partial charge in [0.2, 0.25) is 11.8 Å². The van der Waals surface area contributed by atoms with E-state index in [4.69, 9.17) is 21.1 Å². The van der Waals surface area contributed by atoms with Crippen molar-refractivity contribution < 1.29 is 29.1 Å². The molecule has 0 bridgehead atoms. The van der Waals surface area contributed by atoms with E-state index in [0.29, 0.717) is 0 Å². The lowest BCUT2D eigenvalue weighted by atomic mass is 10.1. The van der Waals surface area contributed by atoms with Gasteiger partial charge in [0.05, 0.1) is 18.6 Å². The minimum absolute atomic E-state index is 0.0219. The number of carbonyl (C=O) groups is 3. The lowest BCUT2D eigenvalue weighted by Crippen LogP contribution is -2.52. The van der Waals surface area contributed by atoms with E-state index in [0.717, 1.165) is 0 Å². The molecule has 0 aromatic carbocycles. The standard InChI is InChI=1S/C14H24N6O6/c1-5(2)9(16)11-19-12(26-20-11)7(4-8(15)22)17-14(25)18-10(6(3)21)13(23)24/h5-7,9-10,21H,4,16H2,1-3H3,(H2,15,22)(H,23,24)(H2,17,18,25)/t6?,7-,9-,10-/m0/s1. The van der Waals surface area contributed by atoms with E-state index in [-0.39, 0.29) is 24.1 Å². The Kier molecular flexibility index (Phi) is 7.46. The van der Waals surface area contributed by atoms with Gasteiger partial charge in [0, 0.05) is 0 Å². The zero-order valence-corrected chi connectivity index (χ0v) is 14.7. The number of urea groups is 1. The van der Waals surface area contributed by atoms with E-state index in [1.807, 2.05) is 13.8 Å². The molecule has 0 aliphatic heterocycles. The lowest BCUT2D eigenvalue weighted by molar-refractivity contribution is -0.141. The van der Waals surface area contributed by atoms with Crippen molar-refractivity contribution in [1.29, 1.82) is 0 Å². The molecule has 1 aromatic heterocycles. The first kappa shape index (κ1) is 21.3. The van der Waals surface area contributed by atoms with Gasteiger partial charge in [0.15, 0.2) is 11.9 Å². The first-order valence-electron chi connectivity index (χ1n) is 7.88. The number of aliphatic carboxylic acids is 1. The van der Waals surface area contributed by atoms with Crippen molar-refractivity contribution >= 4 is 17.9 Å². The first-order valence-corrected chi connectivity index (χ1v) is 7.88. The Morgan fingerprint density at radius 2 is 1.85 bits per heavy atom. The molecular formula is C14H24N6O6. The second kappa shape index (κ2) is 9.10. The number of hydrogen-bond acceptors (Lipinski definition) is 8. The molecule has 12 heteroatoms. The van der Waals surface area contributed by atoms with Crippen LogP contribution in [0.2, 0.25) is 0 Å². The summed E-state index contributed by atoms with van der Waals surface area (Å²) in [6, 6.07) is -4.10. The minimum atomic E-state index is -1.54. The van der Waals surface area contributed by atoms with Crippen LogP contribution in [0.4, 0.5) is 4.79 Å². The molecule has 8 N–H and O–H groups in total. The highest BCUT2D eigenvalue weighted by Crippen LogP contribution is 2.20. The third kappa shape index (κ3) is 5.97. The van der Waals surface area contributed by atoms with E-state index in [1.54, 1.807) is 0 Å². The molecule has 1 heterocycles. The molecule has 1 aromatic rings. The Balaban J connectivity index is 2.92. The number of amides is 3. The lowest BCUT2D eigenvalue weighted by Gasteiger charge is -2.19. The Bertz CT molecular complexity index is 646. The van der Waals surface area contributed by atoms with Gasteiger partial charge in [-0.05, 0) is 12.8 Å². The van der Waals surface area contributed by atoms with Gasteiger partial charge >= 0.3 is 12.0 Å². The summed E-state index contributed by atoms with van der Waals surface area (Å²) < 4.78 is 5.04. The van der Waals surface area contributed by atoms with Crippen LogP contribution >= 0.6 is 0 Å². The monoisotopic (exact) mass is 372 g/mol. The second-order valence-electron chi connectivity index (χ2n) is 6.16. The largest absolute Gasteiger partial charge is 0.480 e. The van der Waals surface area contributed by atoms with Crippen molar-refractivity contribution in [1.82, 2.24) is 20.8 Å². The maximum Gasteiger partial charge on any atom is 0.328 e. The summed E-state index contributed by atoms with van der Waals surface area (Å²) in [5.41, 5.74) is 11.1. The van der Waals surface area contributed by atoms with Gasteiger partial charge in [-0.25, -0.2) is 9.59 Å². The van der Waals surface area contributed by atoms with E-state index >= 15 is 0 Å². The van der Waals surface area contributed by atoms with Crippen molar-refractivity contribution in [3.05, 3.63) is 11.7 Å². The molecule has 4 atom stereocenters. The number of hydrogen-bond donors (Lipinski definition) is 6. The molecule has 0 spiro atoms. The molecule has 3 amide bonds. The SMILES string of the molecule is CC(O)[C@H](NC(=O)N[C@@H](CC(N)=O)c1nc([C@@H](N)C(C)C)no1)C(=O)O. The van der Waals surface area contributed by atoms with Crippen LogP contribution in [0.1, 0.15) is 51.0 Å². The molecule has 0 fully saturated rings. The number of aliphatic hydroxyl groups is 1. The molecule has 26 heavy (non-hydrogen) atoms. The van der Waals surface area contributed by atoms with Gasteiger partial charge in [0.1, 0.15) is 6.04 Å². The fourth-order valence-corrected chi connectivity index (χ4v) is 1.95. The summed E-state index contributed by atoms with van der Waals surface area (Å²) in [4.78, 5) is 38.4. The highest BCUT2D eigenvalue weighted by atomic mass is 16.5. The van der Waals surface area contributed by atoms with E-state index in [2.05, 4.69) is 20.8 Å². The van der Waals surface area contributed by atoms with Crippen LogP contribution in [0.5, 0.6) is 0 Å². The third-order valence-corrected chi connectivity index (χ3v) is 3.52. The summed E-state index contributed by atoms with van der Waals surface area (Å²) >= 11 is 0. The summed E-state index contributed by atoms with van der Waals surface area (Å²) in [6.45, 7) is 4.92. The van der Waals surface area contributed by atoms with Crippen molar-refractivity contribution in [2.45, 2.75) is 51.4 Å². The van der Waals surface area contributed by atoms with Crippen LogP contribution in [0.25, 0.3) is 0 Å². The fraction of sp³-hybridized carbons (Fsp3) is 0.643. The highest BCUT2D eigenvalue weighted by molar-refractivity contribution is 5.83. The molecule has 146 valence electrons. The summed E-state index contributed by atoms with van der Waals surface area (Å²) in [5, 5.41) is 26.5. The maximum atomic E-state index is 12.0. The fourth-order valence-electron chi connectivity index (χ4n) is 1.95. The second-order valence-corrected chi connectivity index (χ2v) is 6.16. The Morgan fingerprint density at radius 3 is 2.31 bits per heavy atom. The minimum Gasteiger partial charge on any atom is -0.480 e. The Morgan fingerprint density at radius 1 is 1.23 bits per heavy atom. The van der Waals surface area contributed by atoms with Gasteiger partial charge in [-0.2, -0.15) is 4.98 Å². The van der Waals surface area contributed by atoms with E-state index in [9.17, 15) is 19.5 Å². The van der Waals surface area contributed by atoms with Gasteiger partial charge in [-0.1, -0.05) is 19.0 Å². The summed E-state index contributed by atoms with van der Waals surface area (Å²) in [6.07, 6.45) is -1.70. The number of carbonyl (C=O) groups excluding carboxylic acids is 2. The number of nitrogens with zero attached hydrogens (tertiary/aromatic N) is 2. The quantitative estimate of drug-likeness (QED) is 0.306. The maximum absolute atomic E-state index is 12.0. The molecule has 12 nitrogen and oxygen atoms in total. The number of primary amides is 1. The van der Waals surface area contributed by atoms with Crippen LogP contribution in [0.3, 0.4) is 0 Å². The number of aromatic nitrogens is 2. The molecule has 0 saturated carbocycles. The van der Waals surface area contributed by atoms with Gasteiger partial charge < -0.3 is 36.8 Å².